The molecule has 1 amide bonds. The Kier molecular flexibility index (Phi) is 18.0. The number of H-pyrrole nitrogens is 1. The van der Waals surface area contributed by atoms with Crippen molar-refractivity contribution in [3.8, 4) is 16.9 Å². The maximum Gasteiger partial charge on any atom is 0.248 e. The van der Waals surface area contributed by atoms with Gasteiger partial charge < -0.3 is 49.4 Å². The van der Waals surface area contributed by atoms with E-state index in [1.54, 1.807) is 32.0 Å². The number of rotatable bonds is 23. The largest absolute Gasteiger partial charge is 0.486 e. The Morgan fingerprint density at radius 2 is 1.82 bits per heavy atom. The van der Waals surface area contributed by atoms with Gasteiger partial charge in [0.15, 0.2) is 5.75 Å². The van der Waals surface area contributed by atoms with E-state index in [0.717, 1.165) is 130 Å². The molecule has 4 aromatic carbocycles. The predicted octanol–water partition coefficient (Wildman–Crippen LogP) is 10.8. The molecule has 7 atom stereocenters. The number of nitrogens with zero attached hydrogens (tertiary/aromatic N) is 5. The van der Waals surface area contributed by atoms with Gasteiger partial charge in [0.2, 0.25) is 12.3 Å². The summed E-state index contributed by atoms with van der Waals surface area (Å²) in [6, 6.07) is 20.2. The molecule has 6 heterocycles. The van der Waals surface area contributed by atoms with E-state index >= 15 is 4.39 Å². The number of likely N-dealkylation sites (tertiary alicyclic amines) is 2. The van der Waals surface area contributed by atoms with E-state index in [4.69, 9.17) is 23.9 Å². The smallest absolute Gasteiger partial charge is 0.248 e. The molecule has 0 spiro atoms. The van der Waals surface area contributed by atoms with Crippen molar-refractivity contribution in [2.24, 2.45) is 4.99 Å². The zero-order valence-corrected chi connectivity index (χ0v) is 48.9. The van der Waals surface area contributed by atoms with Crippen molar-refractivity contribution in [1.29, 1.82) is 0 Å². The van der Waals surface area contributed by atoms with Gasteiger partial charge in [-0.1, -0.05) is 79.0 Å². The number of nitrogens with one attached hydrogen (secondary N) is 4. The van der Waals surface area contributed by atoms with Gasteiger partial charge in [0, 0.05) is 98.3 Å². The maximum absolute atomic E-state index is 16.2. The number of fused-ring (bicyclic) bond motifs is 4. The number of hydrogen-bond donors (Lipinski definition) is 5. The number of allylic oxidation sites excluding steroid dienone is 2. The number of aromatic amines is 1. The number of carbonyl (C=O) groups is 1. The summed E-state index contributed by atoms with van der Waals surface area (Å²) in [5.41, 5.74) is 10.7. The van der Waals surface area contributed by atoms with Crippen LogP contribution in [-0.2, 0) is 32.2 Å². The molecular weight excluding hydrogens is 1050 g/mol. The molecule has 1 aliphatic carbocycles. The summed E-state index contributed by atoms with van der Waals surface area (Å²) in [5, 5.41) is 32.6. The lowest BCUT2D eigenvalue weighted by Crippen LogP contribution is -2.57. The van der Waals surface area contributed by atoms with Crippen molar-refractivity contribution in [3.05, 3.63) is 149 Å². The van der Waals surface area contributed by atoms with Crippen LogP contribution >= 0.6 is 11.8 Å². The monoisotopic (exact) mass is 1130 g/mol. The Balaban J connectivity index is 0.870. The van der Waals surface area contributed by atoms with E-state index in [9.17, 15) is 9.90 Å². The van der Waals surface area contributed by atoms with Gasteiger partial charge in [-0.3, -0.25) is 15.2 Å². The summed E-state index contributed by atoms with van der Waals surface area (Å²) >= 11 is 1.60. The van der Waals surface area contributed by atoms with Gasteiger partial charge in [0.25, 0.3) is 0 Å². The van der Waals surface area contributed by atoms with E-state index in [2.05, 4.69) is 105 Å². The summed E-state index contributed by atoms with van der Waals surface area (Å²) in [7, 11) is 1.68. The Labute approximate surface area is 486 Å². The van der Waals surface area contributed by atoms with Gasteiger partial charge in [-0.25, -0.2) is 9.38 Å². The molecule has 0 radical (unpaired) electrons. The summed E-state index contributed by atoms with van der Waals surface area (Å²) in [5.74, 6) is 1.35. The number of piperazine rings is 1. The molecule has 5 unspecified atom stereocenters. The van der Waals surface area contributed by atoms with E-state index in [-0.39, 0.29) is 36.4 Å². The number of amides is 1. The van der Waals surface area contributed by atoms with Crippen molar-refractivity contribution in [2.75, 3.05) is 51.8 Å². The lowest BCUT2D eigenvalue weighted by atomic mass is 9.87. The Morgan fingerprint density at radius 3 is 2.50 bits per heavy atom. The Morgan fingerprint density at radius 1 is 1.05 bits per heavy atom. The van der Waals surface area contributed by atoms with Crippen LogP contribution in [0.3, 0.4) is 0 Å². The highest BCUT2D eigenvalue weighted by Crippen LogP contribution is 2.54. The first-order valence-corrected chi connectivity index (χ1v) is 30.3. The first-order chi connectivity index (χ1) is 39.9. The van der Waals surface area contributed by atoms with Gasteiger partial charge in [0.05, 0.1) is 35.7 Å². The number of methoxy groups -OCH3 is 1. The fourth-order valence-electron chi connectivity index (χ4n) is 12.9. The van der Waals surface area contributed by atoms with Crippen molar-refractivity contribution >= 4 is 50.6 Å². The molecule has 1 saturated carbocycles. The number of aromatic nitrogens is 2. The first kappa shape index (κ1) is 57.5. The maximum atomic E-state index is 16.2. The first-order valence-electron chi connectivity index (χ1n) is 29.4. The molecule has 5 N–H and O–H groups in total. The third-order valence-electron chi connectivity index (χ3n) is 17.3. The average molecular weight is 1130 g/mol. The SMILES string of the molecule is C=CCCN(/C=C(\C)c1ccc(COc2c3c(cc(C4CC4)c2-c2c(C)c(F)cc4[nH]ncc24)C(N2C[C@@H]4C[C@H]2CN4)=NC(OC2CCOCC2)N3)cc1)C(C(=O)N1CCCC1C(NCc1ccc(/C(=C/C)SC=C)cc1)OC)C(C)O. The second-order valence-electron chi connectivity index (χ2n) is 22.8. The number of aliphatic hydroxyl groups excluding tert-OH is 1. The molecular formula is C65H80FN9O6S. The highest BCUT2D eigenvalue weighted by Gasteiger charge is 2.44. The third kappa shape index (κ3) is 12.2. The number of halogens is 1. The highest BCUT2D eigenvalue weighted by molar-refractivity contribution is 8.10. The molecule has 4 saturated heterocycles. The number of aliphatic hydroxyl groups is 1. The van der Waals surface area contributed by atoms with E-state index < -0.39 is 24.7 Å². The molecule has 5 fully saturated rings. The number of thioether (sulfide) groups is 1. The standard InChI is InChI=1S/C65H80FN9O6S/c1-8-11-26-73(60(41(6)76)64(77)74-27-12-13-55(74)63(78-7)68-33-42-14-20-46(21-15-42)56(9-2)82-10-3)36-39(4)44-18-16-43(17-19-44)38-80-61-58(57-40(5)53(66)32-54-52(57)35-69-72-54)50(45-22-23-45)31-51-59(61)70-65(81-49-24-28-79-29-25-49)71-62(51)75-37-47-30-48(75)34-67-47/h8-10,14-21,31-32,35-36,41,45,47-49,55,60,63,65,67-68,70,76H,1,3,11-13,22-30,33-34,37-38H2,2,4-7H3,(H,69,72)/b39-36+,56-9-/t41?,47-,48-,55?,60?,63?,65?/m0/s1. The van der Waals surface area contributed by atoms with Crippen LogP contribution < -0.4 is 20.7 Å². The molecule has 1 aromatic heterocycles. The quantitative estimate of drug-likeness (QED) is 0.0311. The molecule has 434 valence electrons. The topological polar surface area (TPSA) is 161 Å². The lowest BCUT2D eigenvalue weighted by Gasteiger charge is -2.38. The van der Waals surface area contributed by atoms with Crippen LogP contribution in [0.15, 0.2) is 109 Å². The Bertz CT molecular complexity index is 3210. The van der Waals surface area contributed by atoms with Crippen LogP contribution in [0, 0.1) is 12.7 Å². The molecule has 82 heavy (non-hydrogen) atoms. The van der Waals surface area contributed by atoms with Gasteiger partial charge >= 0.3 is 0 Å². The van der Waals surface area contributed by atoms with Gasteiger partial charge in [-0.05, 0) is 141 Å². The molecule has 5 aliphatic heterocycles. The Hall–Kier alpha value is -6.31. The van der Waals surface area contributed by atoms with Crippen LogP contribution in [0.1, 0.15) is 117 Å². The van der Waals surface area contributed by atoms with Gasteiger partial charge in [-0.2, -0.15) is 5.10 Å². The summed E-state index contributed by atoms with van der Waals surface area (Å²) in [4.78, 5) is 27.8. The number of hydrogen-bond acceptors (Lipinski definition) is 14. The number of anilines is 1. The minimum absolute atomic E-state index is 0.0303. The molecule has 17 heteroatoms. The zero-order valence-electron chi connectivity index (χ0n) is 48.1. The van der Waals surface area contributed by atoms with E-state index in [1.807, 2.05) is 48.3 Å². The van der Waals surface area contributed by atoms with Crippen LogP contribution in [0.25, 0.3) is 32.5 Å². The zero-order chi connectivity index (χ0) is 57.0. The number of benzene rings is 4. The fourth-order valence-corrected chi connectivity index (χ4v) is 13.4. The molecule has 15 nitrogen and oxygen atoms in total. The number of ether oxygens (including phenoxy) is 4. The lowest BCUT2D eigenvalue weighted by molar-refractivity contribution is -0.143. The minimum atomic E-state index is -0.978. The molecule has 5 aromatic rings. The van der Waals surface area contributed by atoms with Gasteiger partial charge in [0.1, 0.15) is 30.5 Å². The predicted molar refractivity (Wildman–Crippen MR) is 326 cm³/mol. The molecule has 2 bridgehead atoms. The highest BCUT2D eigenvalue weighted by atomic mass is 32.2. The second kappa shape index (κ2) is 25.7. The number of carbonyl (C=O) groups excluding carboxylic acids is 1. The summed E-state index contributed by atoms with van der Waals surface area (Å²) in [6.07, 6.45) is 12.5. The number of amidine groups is 1. The summed E-state index contributed by atoms with van der Waals surface area (Å²) < 4.78 is 42.1. The van der Waals surface area contributed by atoms with Crippen LogP contribution in [0.2, 0.25) is 0 Å². The second-order valence-corrected chi connectivity index (χ2v) is 23.8. The van der Waals surface area contributed by atoms with Crippen LogP contribution in [0.5, 0.6) is 5.75 Å². The molecule has 6 aliphatic rings. The summed E-state index contributed by atoms with van der Waals surface area (Å²) in [6.45, 7) is 20.3. The molecule has 11 rings (SSSR count). The van der Waals surface area contributed by atoms with Crippen molar-refractivity contribution < 1.29 is 33.2 Å². The van der Waals surface area contributed by atoms with Crippen molar-refractivity contribution in [2.45, 2.75) is 147 Å². The third-order valence-corrected chi connectivity index (χ3v) is 18.2. The fraction of sp³-hybridized carbons (Fsp3) is 0.462. The van der Waals surface area contributed by atoms with Gasteiger partial charge in [-0.15, -0.1) is 6.58 Å². The van der Waals surface area contributed by atoms with E-state index in [0.29, 0.717) is 68.2 Å². The van der Waals surface area contributed by atoms with Crippen LogP contribution in [-0.4, -0.2) is 137 Å². The average Bonchev–Trinajstić information content (AvgIpc) is 2.50. The normalized spacial score (nSPS) is 22.2. The van der Waals surface area contributed by atoms with Crippen molar-refractivity contribution in [3.63, 3.8) is 0 Å². The van der Waals surface area contributed by atoms with Crippen LogP contribution in [0.4, 0.5) is 10.1 Å². The van der Waals surface area contributed by atoms with E-state index in [1.165, 1.54) is 6.07 Å². The number of aliphatic imine (C=N–C) groups is 1. The minimum Gasteiger partial charge on any atom is -0.486 e. The van der Waals surface area contributed by atoms with Crippen molar-refractivity contribution in [1.82, 2.24) is 35.5 Å².